The van der Waals surface area contributed by atoms with E-state index < -0.39 is 0 Å². The molecule has 0 amide bonds. The minimum Gasteiger partial charge on any atom is -0.380 e. The van der Waals surface area contributed by atoms with E-state index in [1.165, 1.54) is 0 Å². The van der Waals surface area contributed by atoms with E-state index >= 15 is 0 Å². The van der Waals surface area contributed by atoms with Crippen molar-refractivity contribution in [2.45, 2.75) is 13.5 Å². The number of ether oxygens (including phenoxy) is 1. The summed E-state index contributed by atoms with van der Waals surface area (Å²) in [5, 5.41) is 10.8. The van der Waals surface area contributed by atoms with E-state index in [4.69, 9.17) is 4.74 Å². The van der Waals surface area contributed by atoms with Gasteiger partial charge in [-0.05, 0) is 19.1 Å². The Kier molecular flexibility index (Phi) is 9.30. The van der Waals surface area contributed by atoms with Crippen LogP contribution in [0.15, 0.2) is 47.7 Å². The number of guanidine groups is 1. The first-order chi connectivity index (χ1) is 10.8. The third-order valence-corrected chi connectivity index (χ3v) is 3.08. The lowest BCUT2D eigenvalue weighted by Crippen LogP contribution is -2.38. The molecule has 6 nitrogen and oxygen atoms in total. The van der Waals surface area contributed by atoms with E-state index in [2.05, 4.69) is 20.7 Å². The molecule has 1 heterocycles. The zero-order valence-corrected chi connectivity index (χ0v) is 15.9. The van der Waals surface area contributed by atoms with Gasteiger partial charge >= 0.3 is 0 Å². The normalized spacial score (nSPS) is 11.0. The Balaban J connectivity index is 0.00000264. The van der Waals surface area contributed by atoms with Gasteiger partial charge in [-0.25, -0.2) is 4.68 Å². The Morgan fingerprint density at radius 2 is 2.04 bits per heavy atom. The number of rotatable bonds is 7. The van der Waals surface area contributed by atoms with Crippen molar-refractivity contribution in [2.24, 2.45) is 4.99 Å². The summed E-state index contributed by atoms with van der Waals surface area (Å²) in [6, 6.07) is 10.0. The first kappa shape index (κ1) is 19.4. The van der Waals surface area contributed by atoms with Crippen molar-refractivity contribution < 1.29 is 4.74 Å². The molecule has 0 spiro atoms. The molecule has 0 saturated carbocycles. The van der Waals surface area contributed by atoms with Crippen LogP contribution in [0.2, 0.25) is 0 Å². The molecule has 0 aliphatic heterocycles. The molecular weight excluding hydrogens is 405 g/mol. The van der Waals surface area contributed by atoms with Crippen LogP contribution in [0.4, 0.5) is 0 Å². The Morgan fingerprint density at radius 3 is 2.74 bits per heavy atom. The van der Waals surface area contributed by atoms with E-state index in [1.807, 2.05) is 54.3 Å². The number of hydrogen-bond acceptors (Lipinski definition) is 3. The first-order valence-corrected chi connectivity index (χ1v) is 7.44. The highest BCUT2D eigenvalue weighted by Crippen LogP contribution is 2.07. The molecule has 2 N–H and O–H groups in total. The third kappa shape index (κ3) is 6.57. The lowest BCUT2D eigenvalue weighted by Gasteiger charge is -2.10. The lowest BCUT2D eigenvalue weighted by molar-refractivity contribution is 0.152. The third-order valence-electron chi connectivity index (χ3n) is 3.08. The van der Waals surface area contributed by atoms with Crippen LogP contribution < -0.4 is 10.6 Å². The molecular formula is C16H24IN5O. The van der Waals surface area contributed by atoms with E-state index in [1.54, 1.807) is 7.05 Å². The van der Waals surface area contributed by atoms with Gasteiger partial charge in [0.1, 0.15) is 0 Å². The van der Waals surface area contributed by atoms with E-state index in [9.17, 15) is 0 Å². The van der Waals surface area contributed by atoms with Crippen molar-refractivity contribution in [1.82, 2.24) is 20.4 Å². The van der Waals surface area contributed by atoms with Crippen LogP contribution in [0.1, 0.15) is 12.5 Å². The van der Waals surface area contributed by atoms with Crippen LogP contribution in [0.5, 0.6) is 0 Å². The quantitative estimate of drug-likeness (QED) is 0.307. The number of nitrogens with one attached hydrogen (secondary N) is 2. The minimum absolute atomic E-state index is 0. The average Bonchev–Trinajstić information content (AvgIpc) is 3.04. The molecule has 0 atom stereocenters. The maximum absolute atomic E-state index is 5.28. The molecule has 0 aliphatic rings. The Labute approximate surface area is 154 Å². The summed E-state index contributed by atoms with van der Waals surface area (Å²) >= 11 is 0. The molecule has 0 aliphatic carbocycles. The highest BCUT2D eigenvalue weighted by molar-refractivity contribution is 14.0. The number of aliphatic imine (C=N–C) groups is 1. The summed E-state index contributed by atoms with van der Waals surface area (Å²) in [5.74, 6) is 0.757. The molecule has 7 heteroatoms. The second-order valence-corrected chi connectivity index (χ2v) is 4.68. The summed E-state index contributed by atoms with van der Waals surface area (Å²) < 4.78 is 7.15. The van der Waals surface area contributed by atoms with Gasteiger partial charge in [-0.15, -0.1) is 24.0 Å². The zero-order valence-electron chi connectivity index (χ0n) is 13.5. The van der Waals surface area contributed by atoms with Crippen molar-refractivity contribution in [3.05, 3.63) is 48.3 Å². The highest BCUT2D eigenvalue weighted by atomic mass is 127. The summed E-state index contributed by atoms with van der Waals surface area (Å²) in [6.45, 7) is 4.78. The van der Waals surface area contributed by atoms with Crippen molar-refractivity contribution in [3.8, 4) is 5.69 Å². The molecule has 0 fully saturated rings. The zero-order chi connectivity index (χ0) is 15.6. The van der Waals surface area contributed by atoms with Gasteiger partial charge < -0.3 is 15.4 Å². The highest BCUT2D eigenvalue weighted by Gasteiger charge is 2.02. The maximum atomic E-state index is 5.28. The topological polar surface area (TPSA) is 63.5 Å². The average molecular weight is 429 g/mol. The number of aromatic nitrogens is 2. The maximum Gasteiger partial charge on any atom is 0.191 e. The van der Waals surface area contributed by atoms with Gasteiger partial charge in [0.05, 0.1) is 18.5 Å². The number of nitrogens with zero attached hydrogens (tertiary/aromatic N) is 3. The summed E-state index contributed by atoms with van der Waals surface area (Å²) in [4.78, 5) is 4.18. The van der Waals surface area contributed by atoms with Crippen LogP contribution in [0.3, 0.4) is 0 Å². The fourth-order valence-electron chi connectivity index (χ4n) is 1.97. The smallest absolute Gasteiger partial charge is 0.191 e. The monoisotopic (exact) mass is 429 g/mol. The van der Waals surface area contributed by atoms with E-state index in [0.29, 0.717) is 13.2 Å². The molecule has 0 unspecified atom stereocenters. The Hall–Kier alpha value is -1.61. The van der Waals surface area contributed by atoms with Crippen molar-refractivity contribution >= 4 is 29.9 Å². The molecule has 0 radical (unpaired) electrons. The molecule has 2 rings (SSSR count). The lowest BCUT2D eigenvalue weighted by atomic mass is 10.3. The molecule has 0 bridgehead atoms. The largest absolute Gasteiger partial charge is 0.380 e. The standard InChI is InChI=1S/C16H23N5O.HI/c1-3-22-10-9-18-16(17-2)19-11-14-12-20-21(13-14)15-7-5-4-6-8-15;/h4-8,12-13H,3,9-11H2,1-2H3,(H2,17,18,19);1H. The fourth-order valence-corrected chi connectivity index (χ4v) is 1.97. The number of benzene rings is 1. The van der Waals surface area contributed by atoms with Gasteiger partial charge in [0.25, 0.3) is 0 Å². The second kappa shape index (κ2) is 11.0. The molecule has 1 aromatic carbocycles. The van der Waals surface area contributed by atoms with Crippen LogP contribution in [0.25, 0.3) is 5.69 Å². The van der Waals surface area contributed by atoms with Crippen LogP contribution in [-0.2, 0) is 11.3 Å². The summed E-state index contributed by atoms with van der Waals surface area (Å²) in [6.07, 6.45) is 3.86. The van der Waals surface area contributed by atoms with Gasteiger partial charge in [-0.2, -0.15) is 5.10 Å². The van der Waals surface area contributed by atoms with Crippen LogP contribution >= 0.6 is 24.0 Å². The predicted molar refractivity (Wildman–Crippen MR) is 104 cm³/mol. The Bertz CT molecular complexity index is 585. The van der Waals surface area contributed by atoms with E-state index in [0.717, 1.165) is 30.4 Å². The van der Waals surface area contributed by atoms with Gasteiger partial charge in [-0.3, -0.25) is 4.99 Å². The van der Waals surface area contributed by atoms with Crippen molar-refractivity contribution in [1.29, 1.82) is 0 Å². The van der Waals surface area contributed by atoms with Crippen molar-refractivity contribution in [3.63, 3.8) is 0 Å². The number of para-hydroxylation sites is 1. The minimum atomic E-state index is 0. The summed E-state index contributed by atoms with van der Waals surface area (Å²) in [7, 11) is 1.75. The number of halogens is 1. The molecule has 0 saturated heterocycles. The molecule has 126 valence electrons. The number of hydrogen-bond donors (Lipinski definition) is 2. The van der Waals surface area contributed by atoms with Crippen LogP contribution in [-0.4, -0.2) is 42.5 Å². The molecule has 23 heavy (non-hydrogen) atoms. The van der Waals surface area contributed by atoms with Crippen LogP contribution in [0, 0.1) is 0 Å². The molecule has 2 aromatic rings. The van der Waals surface area contributed by atoms with Gasteiger partial charge in [0.15, 0.2) is 5.96 Å². The SMILES string of the molecule is CCOCCNC(=NC)NCc1cnn(-c2ccccc2)c1.I. The first-order valence-electron chi connectivity index (χ1n) is 7.44. The van der Waals surface area contributed by atoms with Gasteiger partial charge in [-0.1, -0.05) is 18.2 Å². The van der Waals surface area contributed by atoms with Gasteiger partial charge in [0.2, 0.25) is 0 Å². The second-order valence-electron chi connectivity index (χ2n) is 4.68. The van der Waals surface area contributed by atoms with Gasteiger partial charge in [0, 0.05) is 38.5 Å². The molecule has 1 aromatic heterocycles. The van der Waals surface area contributed by atoms with E-state index in [-0.39, 0.29) is 24.0 Å². The Morgan fingerprint density at radius 1 is 1.26 bits per heavy atom. The van der Waals surface area contributed by atoms with Crippen molar-refractivity contribution in [2.75, 3.05) is 26.8 Å². The fraction of sp³-hybridized carbons (Fsp3) is 0.375. The summed E-state index contributed by atoms with van der Waals surface area (Å²) in [5.41, 5.74) is 2.14. The predicted octanol–water partition coefficient (Wildman–Crippen LogP) is 2.19.